The van der Waals surface area contributed by atoms with E-state index in [-0.39, 0.29) is 5.91 Å². The molecule has 2 aromatic heterocycles. The number of thiazole rings is 1. The van der Waals surface area contributed by atoms with Gasteiger partial charge in [-0.3, -0.25) is 4.79 Å². The Kier molecular flexibility index (Phi) is 5.83. The van der Waals surface area contributed by atoms with Gasteiger partial charge in [0.15, 0.2) is 0 Å². The largest absolute Gasteiger partial charge is 0.320 e. The molecular weight excluding hydrogens is 603 g/mol. The molecule has 5 aromatic rings. The molecule has 31 heavy (non-hydrogen) atoms. The van der Waals surface area contributed by atoms with Crippen LogP contribution in [0.4, 0.5) is 5.69 Å². The monoisotopic (exact) mass is 610 g/mol. The molecule has 0 spiro atoms. The standard InChI is InChI=1S/C22H10Br2Cl2N2OS2/c23-10-7-13(22-27-15-3-1-2-4-16(15)31-22)19(14(24)8-10)28-21(29)20-18(26)12-6-5-11(25)9-17(12)30-20/h1-9H,(H,28,29). The third-order valence-corrected chi connectivity index (χ3v) is 8.66. The summed E-state index contributed by atoms with van der Waals surface area (Å²) in [5.74, 6) is -0.285. The van der Waals surface area contributed by atoms with Gasteiger partial charge in [0.05, 0.1) is 20.9 Å². The van der Waals surface area contributed by atoms with Crippen LogP contribution in [0, 0.1) is 0 Å². The molecule has 2 heterocycles. The van der Waals surface area contributed by atoms with Crippen LogP contribution < -0.4 is 5.32 Å². The molecule has 0 saturated heterocycles. The van der Waals surface area contributed by atoms with Crippen LogP contribution in [0.5, 0.6) is 0 Å². The molecule has 3 aromatic carbocycles. The van der Waals surface area contributed by atoms with Crippen molar-refractivity contribution in [2.45, 2.75) is 0 Å². The van der Waals surface area contributed by atoms with E-state index in [0.717, 1.165) is 39.8 Å². The number of thiophene rings is 1. The van der Waals surface area contributed by atoms with Crippen molar-refractivity contribution in [2.24, 2.45) is 0 Å². The topological polar surface area (TPSA) is 42.0 Å². The predicted octanol–water partition coefficient (Wildman–Crippen LogP) is 9.26. The average Bonchev–Trinajstić information content (AvgIpc) is 3.30. The van der Waals surface area contributed by atoms with Crippen molar-refractivity contribution < 1.29 is 4.79 Å². The number of nitrogens with one attached hydrogen (secondary N) is 1. The highest BCUT2D eigenvalue weighted by Gasteiger charge is 2.21. The maximum atomic E-state index is 13.2. The molecule has 0 radical (unpaired) electrons. The average molecular weight is 613 g/mol. The summed E-state index contributed by atoms with van der Waals surface area (Å²) in [6.45, 7) is 0. The lowest BCUT2D eigenvalue weighted by Crippen LogP contribution is -2.12. The van der Waals surface area contributed by atoms with Gasteiger partial charge in [-0.1, -0.05) is 57.3 Å². The van der Waals surface area contributed by atoms with E-state index in [0.29, 0.717) is 20.6 Å². The number of carbonyl (C=O) groups excluding carboxylic acids is 1. The highest BCUT2D eigenvalue weighted by Crippen LogP contribution is 2.42. The zero-order chi connectivity index (χ0) is 21.7. The van der Waals surface area contributed by atoms with E-state index in [1.54, 1.807) is 17.4 Å². The molecule has 1 N–H and O–H groups in total. The number of halogens is 4. The van der Waals surface area contributed by atoms with Crippen molar-refractivity contribution >= 4 is 110 Å². The Morgan fingerprint density at radius 1 is 0.968 bits per heavy atom. The van der Waals surface area contributed by atoms with Crippen LogP contribution in [0.3, 0.4) is 0 Å². The van der Waals surface area contributed by atoms with Crippen molar-refractivity contribution in [1.82, 2.24) is 4.98 Å². The number of carbonyl (C=O) groups is 1. The Balaban J connectivity index is 1.59. The molecule has 0 aliphatic rings. The third kappa shape index (κ3) is 4.03. The first-order valence-corrected chi connectivity index (χ1v) is 12.9. The quantitative estimate of drug-likeness (QED) is 0.221. The normalized spacial score (nSPS) is 11.4. The van der Waals surface area contributed by atoms with Crippen LogP contribution >= 0.6 is 77.7 Å². The van der Waals surface area contributed by atoms with Gasteiger partial charge < -0.3 is 5.32 Å². The van der Waals surface area contributed by atoms with Crippen LogP contribution in [0.2, 0.25) is 10.0 Å². The molecule has 0 unspecified atom stereocenters. The Morgan fingerprint density at radius 2 is 1.77 bits per heavy atom. The minimum atomic E-state index is -0.285. The van der Waals surface area contributed by atoms with Gasteiger partial charge in [0, 0.05) is 29.6 Å². The minimum Gasteiger partial charge on any atom is -0.320 e. The number of nitrogens with zero attached hydrogens (tertiary/aromatic N) is 1. The molecule has 0 atom stereocenters. The summed E-state index contributed by atoms with van der Waals surface area (Å²) < 4.78 is 3.56. The number of benzene rings is 3. The fraction of sp³-hybridized carbons (Fsp3) is 0. The van der Waals surface area contributed by atoms with Crippen molar-refractivity contribution in [3.05, 3.63) is 78.5 Å². The predicted molar refractivity (Wildman–Crippen MR) is 140 cm³/mol. The smallest absolute Gasteiger partial charge is 0.267 e. The van der Waals surface area contributed by atoms with E-state index in [1.165, 1.54) is 11.3 Å². The van der Waals surface area contributed by atoms with E-state index in [4.69, 9.17) is 28.2 Å². The van der Waals surface area contributed by atoms with E-state index in [2.05, 4.69) is 37.2 Å². The SMILES string of the molecule is O=C(Nc1c(Br)cc(Br)cc1-c1nc2ccccc2s1)c1sc2cc(Cl)ccc2c1Cl. The maximum Gasteiger partial charge on any atom is 0.267 e. The van der Waals surface area contributed by atoms with Gasteiger partial charge in [0.2, 0.25) is 0 Å². The number of rotatable bonds is 3. The van der Waals surface area contributed by atoms with E-state index in [9.17, 15) is 4.79 Å². The number of hydrogen-bond donors (Lipinski definition) is 1. The summed E-state index contributed by atoms with van der Waals surface area (Å²) in [7, 11) is 0. The first-order chi connectivity index (χ1) is 14.9. The summed E-state index contributed by atoms with van der Waals surface area (Å²) >= 11 is 22.6. The molecule has 0 saturated carbocycles. The summed E-state index contributed by atoms with van der Waals surface area (Å²) in [5, 5.41) is 5.68. The lowest BCUT2D eigenvalue weighted by Gasteiger charge is -2.12. The number of hydrogen-bond acceptors (Lipinski definition) is 4. The van der Waals surface area contributed by atoms with Gasteiger partial charge in [0.25, 0.3) is 5.91 Å². The van der Waals surface area contributed by atoms with Crippen molar-refractivity contribution in [3.63, 3.8) is 0 Å². The second-order valence-corrected chi connectivity index (χ2v) is 11.3. The first kappa shape index (κ1) is 21.4. The van der Waals surface area contributed by atoms with E-state index in [1.807, 2.05) is 48.5 Å². The van der Waals surface area contributed by atoms with Gasteiger partial charge in [-0.05, 0) is 52.3 Å². The van der Waals surface area contributed by atoms with Crippen LogP contribution in [-0.2, 0) is 0 Å². The van der Waals surface area contributed by atoms with Crippen LogP contribution in [0.15, 0.2) is 63.5 Å². The second-order valence-electron chi connectivity index (χ2n) is 6.64. The molecule has 0 aliphatic carbocycles. The summed E-state index contributed by atoms with van der Waals surface area (Å²) in [5.41, 5.74) is 2.37. The Labute approximate surface area is 212 Å². The van der Waals surface area contributed by atoms with Crippen LogP contribution in [0.1, 0.15) is 9.67 Å². The van der Waals surface area contributed by atoms with E-state index >= 15 is 0 Å². The van der Waals surface area contributed by atoms with E-state index < -0.39 is 0 Å². The highest BCUT2D eigenvalue weighted by atomic mass is 79.9. The van der Waals surface area contributed by atoms with Crippen LogP contribution in [0.25, 0.3) is 30.9 Å². The number of para-hydroxylation sites is 1. The molecule has 3 nitrogen and oxygen atoms in total. The van der Waals surface area contributed by atoms with Gasteiger partial charge in [-0.25, -0.2) is 4.98 Å². The number of anilines is 1. The fourth-order valence-electron chi connectivity index (χ4n) is 3.21. The van der Waals surface area contributed by atoms with Crippen LogP contribution in [-0.4, -0.2) is 10.9 Å². The minimum absolute atomic E-state index is 0.285. The van der Waals surface area contributed by atoms with Crippen molar-refractivity contribution in [3.8, 4) is 10.6 Å². The lowest BCUT2D eigenvalue weighted by atomic mass is 10.1. The zero-order valence-electron chi connectivity index (χ0n) is 15.4. The van der Waals surface area contributed by atoms with Crippen molar-refractivity contribution in [2.75, 3.05) is 5.32 Å². The summed E-state index contributed by atoms with van der Waals surface area (Å²) in [6, 6.07) is 17.2. The third-order valence-electron chi connectivity index (χ3n) is 4.62. The Bertz CT molecular complexity index is 1460. The molecule has 9 heteroatoms. The highest BCUT2D eigenvalue weighted by molar-refractivity contribution is 9.11. The van der Waals surface area contributed by atoms with Crippen molar-refractivity contribution in [1.29, 1.82) is 0 Å². The van der Waals surface area contributed by atoms with Gasteiger partial charge >= 0.3 is 0 Å². The Hall–Kier alpha value is -1.48. The fourth-order valence-corrected chi connectivity index (χ4v) is 7.21. The summed E-state index contributed by atoms with van der Waals surface area (Å²) in [6.07, 6.45) is 0. The second kappa shape index (κ2) is 8.46. The van der Waals surface area contributed by atoms with Gasteiger partial charge in [0.1, 0.15) is 9.88 Å². The molecular formula is C22H10Br2Cl2N2OS2. The lowest BCUT2D eigenvalue weighted by molar-refractivity contribution is 0.103. The molecule has 0 bridgehead atoms. The number of aromatic nitrogens is 1. The molecule has 0 fully saturated rings. The zero-order valence-corrected chi connectivity index (χ0v) is 21.7. The number of fused-ring (bicyclic) bond motifs is 2. The van der Waals surface area contributed by atoms with Gasteiger partial charge in [-0.2, -0.15) is 0 Å². The molecule has 154 valence electrons. The maximum absolute atomic E-state index is 13.2. The van der Waals surface area contributed by atoms with Gasteiger partial charge in [-0.15, -0.1) is 22.7 Å². The molecule has 1 amide bonds. The molecule has 0 aliphatic heterocycles. The Morgan fingerprint density at radius 3 is 2.58 bits per heavy atom. The summed E-state index contributed by atoms with van der Waals surface area (Å²) in [4.78, 5) is 18.4. The molecule has 5 rings (SSSR count). The first-order valence-electron chi connectivity index (χ1n) is 8.94. The number of amides is 1.